The minimum atomic E-state index is -2.60. The maximum Gasteiger partial charge on any atom is 0.209 e. The molecule has 1 unspecified atom stereocenters. The first-order valence-electron chi connectivity index (χ1n) is 17.0. The number of benzene rings is 1. The first-order valence-corrected chi connectivity index (χ1v) is 17.0. The highest BCUT2D eigenvalue weighted by Crippen LogP contribution is 2.65. The van der Waals surface area contributed by atoms with E-state index in [0.717, 1.165) is 50.2 Å². The van der Waals surface area contributed by atoms with Crippen LogP contribution in [-0.4, -0.2) is 43.4 Å². The van der Waals surface area contributed by atoms with Crippen LogP contribution in [0, 0.1) is 33.5 Å². The molecule has 254 valence electrons. The molecule has 0 spiro atoms. The number of carbonyl (C=O) groups excluding carboxylic acids is 3. The zero-order valence-corrected chi connectivity index (χ0v) is 29.9. The zero-order chi connectivity index (χ0) is 34.9. The zero-order valence-electron chi connectivity index (χ0n) is 29.9. The van der Waals surface area contributed by atoms with Gasteiger partial charge in [0.2, 0.25) is 5.78 Å². The monoisotopic (exact) mass is 636 g/mol. The van der Waals surface area contributed by atoms with Crippen molar-refractivity contribution in [1.29, 1.82) is 0 Å². The van der Waals surface area contributed by atoms with E-state index in [0.29, 0.717) is 18.4 Å². The first-order chi connectivity index (χ1) is 20.9. The number of fused-ring (bicyclic) bond motifs is 3. The third-order valence-corrected chi connectivity index (χ3v) is 10.9. The smallest absolute Gasteiger partial charge is 0.209 e. The molecule has 7 nitrogen and oxygen atoms in total. The second-order valence-corrected chi connectivity index (χ2v) is 17.7. The van der Waals surface area contributed by atoms with Crippen molar-refractivity contribution < 1.29 is 34.8 Å². The summed E-state index contributed by atoms with van der Waals surface area (Å²) >= 11 is 0. The summed E-state index contributed by atoms with van der Waals surface area (Å²) in [7, 11) is 0. The molecule has 0 bridgehead atoms. The molecular weight excluding hydrogens is 580 g/mol. The summed E-state index contributed by atoms with van der Waals surface area (Å²) in [6.45, 7) is 21.5. The fourth-order valence-electron chi connectivity index (χ4n) is 8.97. The Bertz CT molecular complexity index is 1530. The maximum absolute atomic E-state index is 14.7. The summed E-state index contributed by atoms with van der Waals surface area (Å²) in [5, 5.41) is 47.4. The minimum Gasteiger partial charge on any atom is -0.511 e. The molecule has 0 aliphatic heterocycles. The molecule has 4 rings (SSSR count). The van der Waals surface area contributed by atoms with Gasteiger partial charge in [0.05, 0.1) is 5.56 Å². The van der Waals surface area contributed by atoms with Crippen molar-refractivity contribution in [3.05, 3.63) is 51.0 Å². The summed E-state index contributed by atoms with van der Waals surface area (Å²) in [5.74, 6) is -4.80. The van der Waals surface area contributed by atoms with Crippen LogP contribution in [0.5, 0.6) is 5.75 Å². The lowest BCUT2D eigenvalue weighted by Crippen LogP contribution is -2.67. The van der Waals surface area contributed by atoms with Crippen molar-refractivity contribution in [3.8, 4) is 5.75 Å². The fraction of sp³-hybridized carbons (Fsp3) is 0.667. The molecule has 46 heavy (non-hydrogen) atoms. The molecule has 3 aliphatic rings. The van der Waals surface area contributed by atoms with Crippen molar-refractivity contribution in [2.45, 2.75) is 133 Å². The van der Waals surface area contributed by atoms with Crippen molar-refractivity contribution in [2.24, 2.45) is 33.5 Å². The van der Waals surface area contributed by atoms with E-state index < -0.39 is 51.0 Å². The van der Waals surface area contributed by atoms with E-state index in [2.05, 4.69) is 47.6 Å². The number of phenols is 1. The number of aromatic hydroxyl groups is 1. The number of allylic oxidation sites excluding steroid dienone is 2. The number of rotatable bonds is 8. The van der Waals surface area contributed by atoms with Crippen LogP contribution in [0.15, 0.2) is 28.7 Å². The molecule has 1 aromatic carbocycles. The van der Waals surface area contributed by atoms with E-state index in [1.807, 2.05) is 20.8 Å². The Labute approximate surface area is 275 Å². The predicted octanol–water partition coefficient (Wildman–Crippen LogP) is 8.08. The lowest BCUT2D eigenvalue weighted by molar-refractivity contribution is -0.171. The van der Waals surface area contributed by atoms with Crippen LogP contribution < -0.4 is 0 Å². The Morgan fingerprint density at radius 1 is 0.935 bits per heavy atom. The number of aryl methyl sites for hydroxylation is 2. The van der Waals surface area contributed by atoms with Crippen LogP contribution in [0.25, 0.3) is 0 Å². The highest BCUT2D eigenvalue weighted by atomic mass is 16.3. The number of ketones is 3. The summed E-state index contributed by atoms with van der Waals surface area (Å²) in [5.41, 5.74) is -2.87. The normalized spacial score (nSPS) is 28.4. The highest BCUT2D eigenvalue weighted by molar-refractivity contribution is 6.25. The second-order valence-electron chi connectivity index (χ2n) is 17.7. The molecule has 0 amide bonds. The van der Waals surface area contributed by atoms with Gasteiger partial charge in [0.1, 0.15) is 22.8 Å². The van der Waals surface area contributed by atoms with E-state index in [1.165, 1.54) is 0 Å². The van der Waals surface area contributed by atoms with Gasteiger partial charge in [-0.2, -0.15) is 0 Å². The van der Waals surface area contributed by atoms with Crippen molar-refractivity contribution in [1.82, 2.24) is 0 Å². The van der Waals surface area contributed by atoms with Crippen LogP contribution in [0.4, 0.5) is 0 Å². The molecule has 7 heteroatoms. The fourth-order valence-corrected chi connectivity index (χ4v) is 8.97. The van der Waals surface area contributed by atoms with E-state index in [4.69, 9.17) is 0 Å². The molecule has 4 atom stereocenters. The lowest BCUT2D eigenvalue weighted by atomic mass is 9.44. The van der Waals surface area contributed by atoms with Gasteiger partial charge < -0.3 is 20.4 Å². The average Bonchev–Trinajstić information content (AvgIpc) is 2.86. The predicted molar refractivity (Wildman–Crippen MR) is 180 cm³/mol. The van der Waals surface area contributed by atoms with Crippen LogP contribution in [0.1, 0.15) is 135 Å². The van der Waals surface area contributed by atoms with Crippen LogP contribution in [0.2, 0.25) is 0 Å². The third kappa shape index (κ3) is 5.75. The van der Waals surface area contributed by atoms with E-state index in [9.17, 15) is 34.8 Å². The molecule has 0 heterocycles. The van der Waals surface area contributed by atoms with Crippen LogP contribution >= 0.6 is 0 Å². The van der Waals surface area contributed by atoms with Gasteiger partial charge in [0.25, 0.3) is 0 Å². The molecule has 0 fully saturated rings. The molecule has 4 N–H and O–H groups in total. The molecule has 1 aromatic rings. The molecule has 3 aliphatic carbocycles. The summed E-state index contributed by atoms with van der Waals surface area (Å²) in [6.07, 6.45) is 5.35. The first kappa shape index (κ1) is 35.9. The van der Waals surface area contributed by atoms with Crippen molar-refractivity contribution >= 4 is 17.3 Å². The number of hydrogen-bond donors (Lipinski definition) is 4. The molecule has 0 aromatic heterocycles. The molecule has 0 saturated carbocycles. The number of carbonyl (C=O) groups is 3. The van der Waals surface area contributed by atoms with Gasteiger partial charge in [0, 0.05) is 22.3 Å². The quantitative estimate of drug-likeness (QED) is 0.212. The maximum atomic E-state index is 14.7. The number of phenolic OH excluding ortho intramolecular Hbond substituents is 1. The van der Waals surface area contributed by atoms with E-state index in [-0.39, 0.29) is 45.8 Å². The van der Waals surface area contributed by atoms with Crippen LogP contribution in [-0.2, 0) is 28.9 Å². The van der Waals surface area contributed by atoms with Gasteiger partial charge in [-0.3, -0.25) is 14.4 Å². The summed E-state index contributed by atoms with van der Waals surface area (Å²) in [4.78, 5) is 41.3. The van der Waals surface area contributed by atoms with Gasteiger partial charge in [-0.1, -0.05) is 75.3 Å². The topological polar surface area (TPSA) is 132 Å². The largest absolute Gasteiger partial charge is 0.511 e. The summed E-state index contributed by atoms with van der Waals surface area (Å²) < 4.78 is 0. The van der Waals surface area contributed by atoms with Crippen molar-refractivity contribution in [3.63, 3.8) is 0 Å². The number of aliphatic hydroxyl groups excluding tert-OH is 2. The average molecular weight is 637 g/mol. The Kier molecular flexibility index (Phi) is 9.09. The Balaban J connectivity index is 1.96. The van der Waals surface area contributed by atoms with E-state index >= 15 is 0 Å². The van der Waals surface area contributed by atoms with Gasteiger partial charge in [0.15, 0.2) is 17.2 Å². The SMILES string of the molecule is CC(=O)C1=C(O)C(C(C)C)[C@@]2(C)C[C@@]3(C)Cc4c(CCCC(C)(C)C)cc(CCCC(C)(C)C)c(O)c4C(=O)C3=C(O)[C@@]2(O)C1=O. The van der Waals surface area contributed by atoms with E-state index in [1.54, 1.807) is 6.92 Å². The third-order valence-electron chi connectivity index (χ3n) is 10.9. The molecule has 0 saturated heterocycles. The lowest BCUT2D eigenvalue weighted by Gasteiger charge is -2.59. The van der Waals surface area contributed by atoms with Gasteiger partial charge in [-0.25, -0.2) is 0 Å². The van der Waals surface area contributed by atoms with Crippen LogP contribution in [0.3, 0.4) is 0 Å². The highest BCUT2D eigenvalue weighted by Gasteiger charge is 2.71. The Hall–Kier alpha value is -2.93. The summed E-state index contributed by atoms with van der Waals surface area (Å²) in [6, 6.07) is 2.06. The standard InChI is InChI=1S/C39H56O7/c1-21(2)28-31(42)26(22(3)40)33(44)39(46)34(45)29-32(43)27-25(19-37(29,10)20-38(28,39)11)23(14-12-16-35(4,5)6)18-24(30(27)41)15-13-17-36(7,8)9/h18,21,28,41-42,45-46H,12-17,19-20H2,1-11H3/t28?,37-,38-,39+/m1/s1. The number of aliphatic hydroxyl groups is 3. The Morgan fingerprint density at radius 2 is 1.46 bits per heavy atom. The van der Waals surface area contributed by atoms with Gasteiger partial charge >= 0.3 is 0 Å². The molecule has 0 radical (unpaired) electrons. The number of Topliss-reactive ketones (excluding diaryl/α,β-unsaturated/α-hetero) is 3. The number of hydrogen-bond acceptors (Lipinski definition) is 7. The molecular formula is C39H56O7. The van der Waals surface area contributed by atoms with Crippen molar-refractivity contribution in [2.75, 3.05) is 0 Å². The van der Waals surface area contributed by atoms with Gasteiger partial charge in [-0.05, 0) is 91.7 Å². The second kappa shape index (κ2) is 11.6. The van der Waals surface area contributed by atoms with Gasteiger partial charge in [-0.15, -0.1) is 0 Å². The minimum absolute atomic E-state index is 0.0945. The Morgan fingerprint density at radius 3 is 1.93 bits per heavy atom.